The molecular weight excluding hydrogens is 228 g/mol. The summed E-state index contributed by atoms with van der Waals surface area (Å²) in [5.41, 5.74) is 0.176. The summed E-state index contributed by atoms with van der Waals surface area (Å²) in [7, 11) is 0. The van der Waals surface area contributed by atoms with Crippen molar-refractivity contribution in [2.24, 2.45) is 0 Å². The first kappa shape index (κ1) is 12.2. The number of rotatable bonds is 3. The number of ether oxygens (including phenoxy) is 1. The molecule has 100 valence electrons. The van der Waals surface area contributed by atoms with Gasteiger partial charge in [0.15, 0.2) is 0 Å². The summed E-state index contributed by atoms with van der Waals surface area (Å²) in [6, 6.07) is 2.48. The smallest absolute Gasteiger partial charge is 0.150 e. The van der Waals surface area contributed by atoms with Gasteiger partial charge in [0.1, 0.15) is 5.76 Å². The van der Waals surface area contributed by atoms with Crippen molar-refractivity contribution in [3.63, 3.8) is 0 Å². The summed E-state index contributed by atoms with van der Waals surface area (Å²) >= 11 is 0. The highest BCUT2D eigenvalue weighted by Gasteiger charge is 2.38. The summed E-state index contributed by atoms with van der Waals surface area (Å²) in [6.45, 7) is 1.68. The summed E-state index contributed by atoms with van der Waals surface area (Å²) in [4.78, 5) is 0. The summed E-state index contributed by atoms with van der Waals surface area (Å²) in [6.07, 6.45) is 10.5. The molecule has 0 aromatic carbocycles. The predicted molar refractivity (Wildman–Crippen MR) is 68.1 cm³/mol. The predicted octanol–water partition coefficient (Wildman–Crippen LogP) is 2.65. The van der Waals surface area contributed by atoms with Crippen LogP contribution in [0, 0.1) is 0 Å². The van der Waals surface area contributed by atoms with Gasteiger partial charge in [-0.25, -0.2) is 0 Å². The largest absolute Gasteiger partial charge is 0.375 e. The first-order chi connectivity index (χ1) is 8.86. The molecule has 1 unspecified atom stereocenters. The van der Waals surface area contributed by atoms with E-state index < -0.39 is 0 Å². The van der Waals surface area contributed by atoms with Crippen LogP contribution in [0.2, 0.25) is 0 Å². The molecular formula is C14H22N2O2. The lowest BCUT2D eigenvalue weighted by Crippen LogP contribution is -2.47. The van der Waals surface area contributed by atoms with Gasteiger partial charge in [0, 0.05) is 18.7 Å². The van der Waals surface area contributed by atoms with E-state index in [9.17, 15) is 0 Å². The molecule has 2 fully saturated rings. The number of nitrogens with zero attached hydrogens (tertiary/aromatic N) is 1. The van der Waals surface area contributed by atoms with Gasteiger partial charge in [-0.3, -0.25) is 0 Å². The van der Waals surface area contributed by atoms with Gasteiger partial charge < -0.3 is 14.6 Å². The monoisotopic (exact) mass is 250 g/mol. The number of nitrogens with one attached hydrogen (secondary N) is 1. The fourth-order valence-electron chi connectivity index (χ4n) is 3.32. The molecule has 1 aliphatic carbocycles. The lowest BCUT2D eigenvalue weighted by molar-refractivity contribution is -0.109. The third-order valence-electron chi connectivity index (χ3n) is 4.31. The SMILES string of the molecule is c1cc(CNC2CCOC3(CCCCC3)C2)on1. The van der Waals surface area contributed by atoms with Crippen molar-refractivity contribution in [3.05, 3.63) is 18.0 Å². The van der Waals surface area contributed by atoms with Crippen molar-refractivity contribution in [1.29, 1.82) is 0 Å². The molecule has 1 spiro atoms. The summed E-state index contributed by atoms with van der Waals surface area (Å²) in [5, 5.41) is 7.31. The second-order valence-corrected chi connectivity index (χ2v) is 5.64. The zero-order valence-electron chi connectivity index (χ0n) is 10.9. The second-order valence-electron chi connectivity index (χ2n) is 5.64. The zero-order chi connectivity index (χ0) is 12.3. The zero-order valence-corrected chi connectivity index (χ0v) is 10.9. The normalized spacial score (nSPS) is 27.4. The molecule has 1 aromatic heterocycles. The molecule has 2 aliphatic rings. The van der Waals surface area contributed by atoms with Gasteiger partial charge in [-0.1, -0.05) is 24.4 Å². The van der Waals surface area contributed by atoms with Gasteiger partial charge in [-0.15, -0.1) is 0 Å². The molecule has 4 heteroatoms. The highest BCUT2D eigenvalue weighted by molar-refractivity contribution is 4.95. The molecule has 3 rings (SSSR count). The molecule has 18 heavy (non-hydrogen) atoms. The van der Waals surface area contributed by atoms with E-state index in [1.807, 2.05) is 6.07 Å². The van der Waals surface area contributed by atoms with Crippen molar-refractivity contribution >= 4 is 0 Å². The van der Waals surface area contributed by atoms with Crippen molar-refractivity contribution in [1.82, 2.24) is 10.5 Å². The lowest BCUT2D eigenvalue weighted by atomic mass is 9.78. The molecule has 2 heterocycles. The van der Waals surface area contributed by atoms with Crippen LogP contribution in [-0.2, 0) is 11.3 Å². The Labute approximate surface area is 108 Å². The molecule has 1 saturated carbocycles. The van der Waals surface area contributed by atoms with Crippen molar-refractivity contribution in [2.45, 2.75) is 63.1 Å². The number of aromatic nitrogens is 1. The van der Waals surface area contributed by atoms with E-state index in [-0.39, 0.29) is 5.60 Å². The summed E-state index contributed by atoms with van der Waals surface area (Å²) in [5.74, 6) is 0.916. The Kier molecular flexibility index (Phi) is 3.66. The standard InChI is InChI=1S/C14H22N2O2/c1-2-6-14(7-3-1)10-12(5-9-17-14)15-11-13-4-8-16-18-13/h4,8,12,15H,1-3,5-7,9-11H2. The van der Waals surface area contributed by atoms with Crippen molar-refractivity contribution < 1.29 is 9.26 Å². The molecule has 0 radical (unpaired) electrons. The Morgan fingerprint density at radius 2 is 2.22 bits per heavy atom. The second kappa shape index (κ2) is 5.41. The third kappa shape index (κ3) is 2.75. The average molecular weight is 250 g/mol. The Morgan fingerprint density at radius 1 is 1.33 bits per heavy atom. The van der Waals surface area contributed by atoms with Crippen LogP contribution in [0.1, 0.15) is 50.7 Å². The highest BCUT2D eigenvalue weighted by Crippen LogP contribution is 2.38. The molecule has 1 atom stereocenters. The first-order valence-corrected chi connectivity index (χ1v) is 7.13. The maximum atomic E-state index is 6.10. The third-order valence-corrected chi connectivity index (χ3v) is 4.31. The maximum Gasteiger partial charge on any atom is 0.150 e. The Morgan fingerprint density at radius 3 is 3.00 bits per heavy atom. The lowest BCUT2D eigenvalue weighted by Gasteiger charge is -2.43. The van der Waals surface area contributed by atoms with Gasteiger partial charge in [-0.2, -0.15) is 0 Å². The van der Waals surface area contributed by atoms with E-state index in [1.165, 1.54) is 32.1 Å². The van der Waals surface area contributed by atoms with Crippen LogP contribution < -0.4 is 5.32 Å². The quantitative estimate of drug-likeness (QED) is 0.896. The number of hydrogen-bond donors (Lipinski definition) is 1. The Bertz CT molecular complexity index is 352. The van der Waals surface area contributed by atoms with E-state index in [0.717, 1.165) is 31.8 Å². The minimum absolute atomic E-state index is 0.176. The topological polar surface area (TPSA) is 47.3 Å². The van der Waals surface area contributed by atoms with Crippen LogP contribution >= 0.6 is 0 Å². The summed E-state index contributed by atoms with van der Waals surface area (Å²) < 4.78 is 11.2. The van der Waals surface area contributed by atoms with Crippen LogP contribution in [0.3, 0.4) is 0 Å². The number of hydrogen-bond acceptors (Lipinski definition) is 4. The molecule has 4 nitrogen and oxygen atoms in total. The van der Waals surface area contributed by atoms with Gasteiger partial charge in [-0.05, 0) is 25.7 Å². The van der Waals surface area contributed by atoms with E-state index in [4.69, 9.17) is 9.26 Å². The van der Waals surface area contributed by atoms with Gasteiger partial charge in [0.2, 0.25) is 0 Å². The first-order valence-electron chi connectivity index (χ1n) is 7.13. The molecule has 1 aliphatic heterocycles. The molecule has 0 amide bonds. The molecule has 1 N–H and O–H groups in total. The van der Waals surface area contributed by atoms with E-state index >= 15 is 0 Å². The Balaban J connectivity index is 1.53. The molecule has 0 bridgehead atoms. The maximum absolute atomic E-state index is 6.10. The average Bonchev–Trinajstić information content (AvgIpc) is 2.91. The van der Waals surface area contributed by atoms with E-state index in [0.29, 0.717) is 6.04 Å². The van der Waals surface area contributed by atoms with E-state index in [1.54, 1.807) is 6.20 Å². The molecule has 1 aromatic rings. The van der Waals surface area contributed by atoms with Crippen LogP contribution in [0.15, 0.2) is 16.8 Å². The van der Waals surface area contributed by atoms with Crippen LogP contribution in [0.4, 0.5) is 0 Å². The van der Waals surface area contributed by atoms with Crippen molar-refractivity contribution in [2.75, 3.05) is 6.61 Å². The minimum atomic E-state index is 0.176. The fourth-order valence-corrected chi connectivity index (χ4v) is 3.32. The van der Waals surface area contributed by atoms with Crippen LogP contribution in [0.5, 0.6) is 0 Å². The Hall–Kier alpha value is -0.870. The van der Waals surface area contributed by atoms with Gasteiger partial charge >= 0.3 is 0 Å². The van der Waals surface area contributed by atoms with Crippen LogP contribution in [0.25, 0.3) is 0 Å². The fraction of sp³-hybridized carbons (Fsp3) is 0.786. The van der Waals surface area contributed by atoms with Crippen molar-refractivity contribution in [3.8, 4) is 0 Å². The highest BCUT2D eigenvalue weighted by atomic mass is 16.5. The van der Waals surface area contributed by atoms with E-state index in [2.05, 4.69) is 10.5 Å². The minimum Gasteiger partial charge on any atom is -0.375 e. The molecule has 1 saturated heterocycles. The van der Waals surface area contributed by atoms with Gasteiger partial charge in [0.05, 0.1) is 18.3 Å². The van der Waals surface area contributed by atoms with Crippen LogP contribution in [-0.4, -0.2) is 23.4 Å². The van der Waals surface area contributed by atoms with Gasteiger partial charge in [0.25, 0.3) is 0 Å².